The quantitative estimate of drug-likeness (QED) is 0.505. The highest BCUT2D eigenvalue weighted by Crippen LogP contribution is 2.27. The van der Waals surface area contributed by atoms with Gasteiger partial charge in [0.15, 0.2) is 0 Å². The smallest absolute Gasteiger partial charge is 0.0549 e. The normalized spacial score (nSPS) is 13.3. The van der Waals surface area contributed by atoms with Gasteiger partial charge >= 0.3 is 0 Å². The summed E-state index contributed by atoms with van der Waals surface area (Å²) in [6, 6.07) is 14.2. The van der Waals surface area contributed by atoms with Gasteiger partial charge in [0.1, 0.15) is 0 Å². The third-order valence-electron chi connectivity index (χ3n) is 2.98. The molecule has 1 heterocycles. The Kier molecular flexibility index (Phi) is 4.07. The van der Waals surface area contributed by atoms with E-state index in [9.17, 15) is 0 Å². The molecule has 0 spiro atoms. The summed E-state index contributed by atoms with van der Waals surface area (Å²) >= 11 is 0. The summed E-state index contributed by atoms with van der Waals surface area (Å²) in [5.41, 5.74) is 3.12. The highest BCUT2D eigenvalue weighted by molar-refractivity contribution is 5.82. The fraction of sp³-hybridized carbons (Fsp3) is 0.200. The molecule has 0 aliphatic heterocycles. The Morgan fingerprint density at radius 1 is 1.11 bits per heavy atom. The largest absolute Gasteiger partial charge is 0.411 e. The maximum absolute atomic E-state index is 8.85. The molecule has 0 aliphatic carbocycles. The molecule has 0 aliphatic rings. The third kappa shape index (κ3) is 2.94. The van der Waals surface area contributed by atoms with E-state index in [0.29, 0.717) is 6.42 Å². The number of aromatic nitrogens is 1. The molecule has 1 aromatic heterocycles. The number of rotatable bonds is 4. The predicted molar refractivity (Wildman–Crippen MR) is 72.0 cm³/mol. The molecule has 0 fully saturated rings. The van der Waals surface area contributed by atoms with Crippen LogP contribution in [0.2, 0.25) is 0 Å². The van der Waals surface area contributed by atoms with Crippen molar-refractivity contribution in [3.8, 4) is 0 Å². The SMILES string of the molecule is CC(CC(c1ccccc1)c1ccncc1)=NO. The molecule has 1 aromatic carbocycles. The van der Waals surface area contributed by atoms with Gasteiger partial charge in [0, 0.05) is 18.3 Å². The van der Waals surface area contributed by atoms with E-state index in [2.05, 4.69) is 22.3 Å². The van der Waals surface area contributed by atoms with Crippen LogP contribution in [0.25, 0.3) is 0 Å². The van der Waals surface area contributed by atoms with Crippen molar-refractivity contribution in [1.82, 2.24) is 4.98 Å². The van der Waals surface area contributed by atoms with Crippen molar-refractivity contribution < 1.29 is 5.21 Å². The van der Waals surface area contributed by atoms with Gasteiger partial charge in [0.05, 0.1) is 5.71 Å². The Hall–Kier alpha value is -2.16. The highest BCUT2D eigenvalue weighted by Gasteiger charge is 2.15. The van der Waals surface area contributed by atoms with Gasteiger partial charge in [-0.05, 0) is 36.6 Å². The van der Waals surface area contributed by atoms with E-state index >= 15 is 0 Å². The number of hydrogen-bond acceptors (Lipinski definition) is 3. The van der Waals surface area contributed by atoms with Crippen LogP contribution in [0.5, 0.6) is 0 Å². The molecular formula is C15H16N2O. The molecule has 0 saturated heterocycles. The van der Waals surface area contributed by atoms with E-state index in [4.69, 9.17) is 5.21 Å². The Morgan fingerprint density at radius 3 is 2.33 bits per heavy atom. The van der Waals surface area contributed by atoms with Crippen LogP contribution in [0, 0.1) is 0 Å². The molecule has 18 heavy (non-hydrogen) atoms. The third-order valence-corrected chi connectivity index (χ3v) is 2.98. The second-order valence-corrected chi connectivity index (χ2v) is 4.28. The van der Waals surface area contributed by atoms with Gasteiger partial charge in [-0.3, -0.25) is 4.98 Å². The minimum atomic E-state index is 0.199. The van der Waals surface area contributed by atoms with Crippen molar-refractivity contribution in [2.75, 3.05) is 0 Å². The van der Waals surface area contributed by atoms with E-state index in [1.807, 2.05) is 37.3 Å². The molecule has 1 unspecified atom stereocenters. The first-order valence-corrected chi connectivity index (χ1v) is 5.93. The maximum Gasteiger partial charge on any atom is 0.0549 e. The molecule has 0 bridgehead atoms. The van der Waals surface area contributed by atoms with Crippen LogP contribution in [0.3, 0.4) is 0 Å². The van der Waals surface area contributed by atoms with Crippen molar-refractivity contribution in [2.45, 2.75) is 19.3 Å². The number of benzene rings is 1. The molecule has 0 saturated carbocycles. The van der Waals surface area contributed by atoms with Gasteiger partial charge < -0.3 is 5.21 Å². The first-order chi connectivity index (χ1) is 8.81. The average molecular weight is 240 g/mol. The zero-order valence-corrected chi connectivity index (χ0v) is 10.3. The van der Waals surface area contributed by atoms with E-state index < -0.39 is 0 Å². The van der Waals surface area contributed by atoms with Crippen LogP contribution in [-0.4, -0.2) is 15.9 Å². The second-order valence-electron chi connectivity index (χ2n) is 4.28. The minimum Gasteiger partial charge on any atom is -0.411 e. The van der Waals surface area contributed by atoms with Gasteiger partial charge in [0.2, 0.25) is 0 Å². The van der Waals surface area contributed by atoms with Crippen LogP contribution in [0.1, 0.15) is 30.4 Å². The number of pyridine rings is 1. The van der Waals surface area contributed by atoms with Crippen molar-refractivity contribution >= 4 is 5.71 Å². The molecule has 0 radical (unpaired) electrons. The Morgan fingerprint density at radius 2 is 1.72 bits per heavy atom. The molecule has 1 N–H and O–H groups in total. The lowest BCUT2D eigenvalue weighted by Gasteiger charge is -2.17. The highest BCUT2D eigenvalue weighted by atomic mass is 16.4. The maximum atomic E-state index is 8.85. The van der Waals surface area contributed by atoms with Crippen molar-refractivity contribution in [2.24, 2.45) is 5.16 Å². The van der Waals surface area contributed by atoms with Crippen LogP contribution in [0.15, 0.2) is 60.0 Å². The summed E-state index contributed by atoms with van der Waals surface area (Å²) in [6.45, 7) is 1.83. The predicted octanol–water partition coefficient (Wildman–Crippen LogP) is 3.45. The lowest BCUT2D eigenvalue weighted by atomic mass is 9.88. The fourth-order valence-corrected chi connectivity index (χ4v) is 2.05. The molecule has 2 aromatic rings. The monoisotopic (exact) mass is 240 g/mol. The standard InChI is InChI=1S/C15H16N2O/c1-12(17-18)11-15(13-5-3-2-4-6-13)14-7-9-16-10-8-14/h2-10,15,18H,11H2,1H3. The van der Waals surface area contributed by atoms with Crippen molar-refractivity contribution in [1.29, 1.82) is 0 Å². The number of hydrogen-bond donors (Lipinski definition) is 1. The van der Waals surface area contributed by atoms with Gasteiger partial charge in [-0.15, -0.1) is 0 Å². The van der Waals surface area contributed by atoms with E-state index in [1.54, 1.807) is 12.4 Å². The van der Waals surface area contributed by atoms with Crippen LogP contribution < -0.4 is 0 Å². The fourth-order valence-electron chi connectivity index (χ4n) is 2.05. The van der Waals surface area contributed by atoms with Gasteiger partial charge in [-0.2, -0.15) is 0 Å². The average Bonchev–Trinajstić information content (AvgIpc) is 2.46. The lowest BCUT2D eigenvalue weighted by Crippen LogP contribution is -2.06. The Bertz CT molecular complexity index is 469. The summed E-state index contributed by atoms with van der Waals surface area (Å²) in [6.07, 6.45) is 4.28. The lowest BCUT2D eigenvalue weighted by molar-refractivity contribution is 0.317. The topological polar surface area (TPSA) is 45.5 Å². The molecule has 0 amide bonds. The molecule has 1 atom stereocenters. The Labute approximate surface area is 107 Å². The van der Waals surface area contributed by atoms with E-state index in [1.165, 1.54) is 11.1 Å². The zero-order valence-electron chi connectivity index (χ0n) is 10.3. The first-order valence-electron chi connectivity index (χ1n) is 5.93. The molecular weight excluding hydrogens is 224 g/mol. The van der Waals surface area contributed by atoms with Crippen molar-refractivity contribution in [3.05, 3.63) is 66.0 Å². The summed E-state index contributed by atoms with van der Waals surface area (Å²) in [7, 11) is 0. The summed E-state index contributed by atoms with van der Waals surface area (Å²) in [5.74, 6) is 0.199. The van der Waals surface area contributed by atoms with Gasteiger partial charge in [0.25, 0.3) is 0 Å². The number of nitrogens with zero attached hydrogens (tertiary/aromatic N) is 2. The summed E-state index contributed by atoms with van der Waals surface area (Å²) in [4.78, 5) is 4.04. The first kappa shape index (κ1) is 12.3. The Balaban J connectivity index is 2.35. The van der Waals surface area contributed by atoms with Gasteiger partial charge in [-0.25, -0.2) is 0 Å². The number of oxime groups is 1. The molecule has 3 heteroatoms. The van der Waals surface area contributed by atoms with E-state index in [-0.39, 0.29) is 5.92 Å². The van der Waals surface area contributed by atoms with Crippen LogP contribution >= 0.6 is 0 Å². The summed E-state index contributed by atoms with van der Waals surface area (Å²) in [5, 5.41) is 12.1. The minimum absolute atomic E-state index is 0.199. The van der Waals surface area contributed by atoms with Crippen LogP contribution in [0.4, 0.5) is 0 Å². The molecule has 3 nitrogen and oxygen atoms in total. The second kappa shape index (κ2) is 5.96. The zero-order chi connectivity index (χ0) is 12.8. The van der Waals surface area contributed by atoms with Crippen LogP contribution in [-0.2, 0) is 0 Å². The van der Waals surface area contributed by atoms with Gasteiger partial charge in [-0.1, -0.05) is 35.5 Å². The van der Waals surface area contributed by atoms with E-state index in [0.717, 1.165) is 5.71 Å². The molecule has 2 rings (SSSR count). The van der Waals surface area contributed by atoms with Crippen molar-refractivity contribution in [3.63, 3.8) is 0 Å². The molecule has 92 valence electrons. The summed E-state index contributed by atoms with van der Waals surface area (Å²) < 4.78 is 0.